The van der Waals surface area contributed by atoms with E-state index in [1.165, 1.54) is 13.8 Å². The Labute approximate surface area is 99.0 Å². The van der Waals surface area contributed by atoms with Crippen molar-refractivity contribution in [2.45, 2.75) is 25.9 Å². The van der Waals surface area contributed by atoms with Gasteiger partial charge in [0.15, 0.2) is 11.6 Å². The van der Waals surface area contributed by atoms with Gasteiger partial charge in [-0.1, -0.05) is 11.6 Å². The van der Waals surface area contributed by atoms with Gasteiger partial charge in [-0.15, -0.1) is 0 Å². The van der Waals surface area contributed by atoms with Crippen LogP contribution in [0, 0.1) is 0 Å². The molecule has 1 N–H and O–H groups in total. The van der Waals surface area contributed by atoms with Crippen LogP contribution in [-0.2, 0) is 4.79 Å². The van der Waals surface area contributed by atoms with E-state index in [1.807, 2.05) is 0 Å². The van der Waals surface area contributed by atoms with Gasteiger partial charge in [0.1, 0.15) is 5.60 Å². The van der Waals surface area contributed by atoms with Gasteiger partial charge in [0, 0.05) is 17.0 Å². The first kappa shape index (κ1) is 12.9. The summed E-state index contributed by atoms with van der Waals surface area (Å²) in [5.74, 6) is -0.702. The SMILES string of the molecule is CC(=O)[C@](C)(O)CC(=O)c1ccc(Cl)cc1. The topological polar surface area (TPSA) is 54.4 Å². The van der Waals surface area contributed by atoms with Gasteiger partial charge in [-0.25, -0.2) is 0 Å². The fourth-order valence-electron chi connectivity index (χ4n) is 1.17. The summed E-state index contributed by atoms with van der Waals surface area (Å²) < 4.78 is 0. The molecule has 0 radical (unpaired) electrons. The molecule has 3 nitrogen and oxygen atoms in total. The van der Waals surface area contributed by atoms with Crippen LogP contribution in [-0.4, -0.2) is 22.3 Å². The van der Waals surface area contributed by atoms with E-state index in [4.69, 9.17) is 11.6 Å². The minimum absolute atomic E-state index is 0.218. The van der Waals surface area contributed by atoms with Crippen LogP contribution in [0.15, 0.2) is 24.3 Å². The Balaban J connectivity index is 2.81. The molecule has 0 fully saturated rings. The van der Waals surface area contributed by atoms with Crippen molar-refractivity contribution in [3.63, 3.8) is 0 Å². The Morgan fingerprint density at radius 2 is 1.81 bits per heavy atom. The summed E-state index contributed by atoms with van der Waals surface area (Å²) >= 11 is 5.69. The van der Waals surface area contributed by atoms with E-state index in [9.17, 15) is 14.7 Å². The second-order valence-corrected chi connectivity index (χ2v) is 4.37. The molecule has 86 valence electrons. The average molecular weight is 241 g/mol. The summed E-state index contributed by atoms with van der Waals surface area (Å²) in [6.07, 6.45) is -0.218. The molecule has 1 aromatic carbocycles. The van der Waals surface area contributed by atoms with Crippen LogP contribution in [0.4, 0.5) is 0 Å². The zero-order valence-electron chi connectivity index (χ0n) is 9.16. The first-order chi connectivity index (χ1) is 7.33. The van der Waals surface area contributed by atoms with Crippen LogP contribution in [0.3, 0.4) is 0 Å². The van der Waals surface area contributed by atoms with Crippen LogP contribution in [0.25, 0.3) is 0 Å². The maximum Gasteiger partial charge on any atom is 0.166 e. The van der Waals surface area contributed by atoms with E-state index in [0.29, 0.717) is 10.6 Å². The van der Waals surface area contributed by atoms with E-state index >= 15 is 0 Å². The van der Waals surface area contributed by atoms with Crippen molar-refractivity contribution in [1.82, 2.24) is 0 Å². The summed E-state index contributed by atoms with van der Waals surface area (Å²) in [5, 5.41) is 10.2. The van der Waals surface area contributed by atoms with Gasteiger partial charge in [0.05, 0.1) is 0 Å². The van der Waals surface area contributed by atoms with E-state index < -0.39 is 11.4 Å². The summed E-state index contributed by atoms with van der Waals surface area (Å²) in [6, 6.07) is 6.33. The standard InChI is InChI=1S/C12H13ClO3/c1-8(14)12(2,16)7-11(15)9-3-5-10(13)6-4-9/h3-6,16H,7H2,1-2H3/t12-/m1/s1. The number of halogens is 1. The van der Waals surface area contributed by atoms with Crippen molar-refractivity contribution in [2.24, 2.45) is 0 Å². The molecule has 1 atom stereocenters. The lowest BCUT2D eigenvalue weighted by molar-refractivity contribution is -0.133. The molecule has 0 amide bonds. The van der Waals surface area contributed by atoms with Crippen LogP contribution in [0.1, 0.15) is 30.6 Å². The maximum absolute atomic E-state index is 11.7. The highest BCUT2D eigenvalue weighted by Gasteiger charge is 2.29. The smallest absolute Gasteiger partial charge is 0.166 e. The second kappa shape index (κ2) is 4.76. The Kier molecular flexibility index (Phi) is 3.83. The van der Waals surface area contributed by atoms with Crippen LogP contribution >= 0.6 is 11.6 Å². The summed E-state index contributed by atoms with van der Waals surface area (Å²) in [4.78, 5) is 22.8. The molecule has 0 saturated heterocycles. The third kappa shape index (κ3) is 3.15. The third-order valence-corrected chi connectivity index (χ3v) is 2.68. The highest BCUT2D eigenvalue weighted by molar-refractivity contribution is 6.30. The fourth-order valence-corrected chi connectivity index (χ4v) is 1.30. The normalized spacial score (nSPS) is 14.2. The zero-order valence-corrected chi connectivity index (χ0v) is 9.91. The largest absolute Gasteiger partial charge is 0.382 e. The number of carbonyl (C=O) groups is 2. The predicted octanol–water partition coefficient (Wildman–Crippen LogP) is 2.25. The molecule has 0 aliphatic rings. The first-order valence-corrected chi connectivity index (χ1v) is 5.23. The number of carbonyl (C=O) groups excluding carboxylic acids is 2. The molecule has 0 spiro atoms. The van der Waals surface area contributed by atoms with E-state index in [1.54, 1.807) is 24.3 Å². The number of benzene rings is 1. The molecule has 0 aliphatic heterocycles. The number of Topliss-reactive ketones (excluding diaryl/α,β-unsaturated/α-hetero) is 2. The fraction of sp³-hybridized carbons (Fsp3) is 0.333. The molecule has 0 unspecified atom stereocenters. The van der Waals surface area contributed by atoms with Crippen LogP contribution in [0.2, 0.25) is 5.02 Å². The molecular weight excluding hydrogens is 228 g/mol. The Bertz CT molecular complexity index is 407. The van der Waals surface area contributed by atoms with Gasteiger partial charge in [-0.3, -0.25) is 9.59 Å². The minimum Gasteiger partial charge on any atom is -0.382 e. The molecule has 0 aromatic heterocycles. The highest BCUT2D eigenvalue weighted by Crippen LogP contribution is 2.17. The molecule has 4 heteroatoms. The average Bonchev–Trinajstić information content (AvgIpc) is 2.17. The second-order valence-electron chi connectivity index (χ2n) is 3.94. The summed E-state index contributed by atoms with van der Waals surface area (Å²) in [7, 11) is 0. The molecular formula is C12H13ClO3. The van der Waals surface area contributed by atoms with Crippen molar-refractivity contribution < 1.29 is 14.7 Å². The lowest BCUT2D eigenvalue weighted by Gasteiger charge is -2.18. The van der Waals surface area contributed by atoms with Crippen LogP contribution < -0.4 is 0 Å². The van der Waals surface area contributed by atoms with Gasteiger partial charge in [-0.2, -0.15) is 0 Å². The molecule has 0 heterocycles. The minimum atomic E-state index is -1.60. The van der Waals surface area contributed by atoms with E-state index in [2.05, 4.69) is 0 Å². The zero-order chi connectivity index (χ0) is 12.3. The Morgan fingerprint density at radius 1 is 1.31 bits per heavy atom. The molecule has 0 bridgehead atoms. The molecule has 1 rings (SSSR count). The summed E-state index contributed by atoms with van der Waals surface area (Å²) in [6.45, 7) is 2.60. The Hall–Kier alpha value is -1.19. The van der Waals surface area contributed by atoms with Gasteiger partial charge in [-0.05, 0) is 38.1 Å². The number of aliphatic hydroxyl groups is 1. The van der Waals surface area contributed by atoms with Crippen LogP contribution in [0.5, 0.6) is 0 Å². The van der Waals surface area contributed by atoms with E-state index in [-0.39, 0.29) is 12.2 Å². The molecule has 0 saturated carbocycles. The van der Waals surface area contributed by atoms with Gasteiger partial charge >= 0.3 is 0 Å². The quantitative estimate of drug-likeness (QED) is 0.822. The number of hydrogen-bond donors (Lipinski definition) is 1. The van der Waals surface area contributed by atoms with Crippen molar-refractivity contribution in [3.05, 3.63) is 34.9 Å². The maximum atomic E-state index is 11.7. The summed E-state index contributed by atoms with van der Waals surface area (Å²) in [5.41, 5.74) is -1.16. The number of rotatable bonds is 4. The highest BCUT2D eigenvalue weighted by atomic mass is 35.5. The molecule has 1 aromatic rings. The number of hydrogen-bond acceptors (Lipinski definition) is 3. The molecule has 0 aliphatic carbocycles. The lowest BCUT2D eigenvalue weighted by atomic mass is 9.92. The number of ketones is 2. The van der Waals surface area contributed by atoms with Gasteiger partial charge in [0.2, 0.25) is 0 Å². The van der Waals surface area contributed by atoms with Crippen molar-refractivity contribution >= 4 is 23.2 Å². The lowest BCUT2D eigenvalue weighted by Crippen LogP contribution is -2.35. The van der Waals surface area contributed by atoms with Crippen molar-refractivity contribution in [3.8, 4) is 0 Å². The Morgan fingerprint density at radius 3 is 2.25 bits per heavy atom. The van der Waals surface area contributed by atoms with E-state index in [0.717, 1.165) is 0 Å². The van der Waals surface area contributed by atoms with Crippen molar-refractivity contribution in [2.75, 3.05) is 0 Å². The van der Waals surface area contributed by atoms with Gasteiger partial charge in [0.25, 0.3) is 0 Å². The predicted molar refractivity (Wildman–Crippen MR) is 61.7 cm³/mol. The first-order valence-electron chi connectivity index (χ1n) is 4.85. The van der Waals surface area contributed by atoms with Gasteiger partial charge < -0.3 is 5.11 Å². The molecule has 16 heavy (non-hydrogen) atoms. The monoisotopic (exact) mass is 240 g/mol. The van der Waals surface area contributed by atoms with Crippen molar-refractivity contribution in [1.29, 1.82) is 0 Å². The third-order valence-electron chi connectivity index (χ3n) is 2.43.